The number of ether oxygens (including phenoxy) is 2. The second-order valence-corrected chi connectivity index (χ2v) is 8.74. The molecule has 2 aromatic carbocycles. The van der Waals surface area contributed by atoms with Crippen LogP contribution < -0.4 is 10.1 Å². The summed E-state index contributed by atoms with van der Waals surface area (Å²) in [6.45, 7) is 3.84. The molecule has 0 aliphatic carbocycles. The molecule has 1 unspecified atom stereocenters. The number of aromatic nitrogens is 3. The maximum Gasteiger partial charge on any atom is 0.188 e. The van der Waals surface area contributed by atoms with Gasteiger partial charge >= 0.3 is 0 Å². The van der Waals surface area contributed by atoms with E-state index in [0.717, 1.165) is 39.2 Å². The molecule has 3 N–H and O–H groups in total. The fourth-order valence-electron chi connectivity index (χ4n) is 3.96. The van der Waals surface area contributed by atoms with E-state index >= 15 is 0 Å². The van der Waals surface area contributed by atoms with Gasteiger partial charge in [-0.1, -0.05) is 6.07 Å². The lowest BCUT2D eigenvalue weighted by molar-refractivity contribution is 0.0665. The van der Waals surface area contributed by atoms with E-state index in [1.54, 1.807) is 6.20 Å². The smallest absolute Gasteiger partial charge is 0.188 e. The summed E-state index contributed by atoms with van der Waals surface area (Å²) in [7, 11) is 0. The standard InChI is InChI=1S/C27H27N5O4/c1-16-9-19(5-8-25(16)36-20-6-3-17(2)28-12-20)31-27-21-10-18(4-7-22(21)29-15-30-27)11-26-32-23(14-35-26)24(34)13-33/h3-10,12,15,23-24,33-34H,11,13-14H2,1-2H3,(H,29,30,31)/t23-,24?/m1/s1. The zero-order valence-corrected chi connectivity index (χ0v) is 20.0. The molecule has 3 heterocycles. The van der Waals surface area contributed by atoms with Gasteiger partial charge in [0, 0.05) is 23.2 Å². The maximum absolute atomic E-state index is 9.81. The molecule has 0 saturated carbocycles. The van der Waals surface area contributed by atoms with Crippen molar-refractivity contribution in [2.24, 2.45) is 4.99 Å². The van der Waals surface area contributed by atoms with E-state index in [0.29, 0.717) is 23.9 Å². The van der Waals surface area contributed by atoms with Crippen LogP contribution >= 0.6 is 0 Å². The zero-order valence-electron chi connectivity index (χ0n) is 20.0. The van der Waals surface area contributed by atoms with Crippen LogP contribution in [0.4, 0.5) is 11.5 Å². The summed E-state index contributed by atoms with van der Waals surface area (Å²) < 4.78 is 11.6. The lowest BCUT2D eigenvalue weighted by Gasteiger charge is -2.13. The Morgan fingerprint density at radius 1 is 1.08 bits per heavy atom. The molecule has 9 nitrogen and oxygen atoms in total. The molecule has 36 heavy (non-hydrogen) atoms. The van der Waals surface area contributed by atoms with Gasteiger partial charge in [-0.15, -0.1) is 0 Å². The average Bonchev–Trinajstić information content (AvgIpc) is 3.35. The first-order chi connectivity index (χ1) is 17.5. The van der Waals surface area contributed by atoms with Gasteiger partial charge in [-0.2, -0.15) is 0 Å². The quantitative estimate of drug-likeness (QED) is 0.344. The lowest BCUT2D eigenvalue weighted by atomic mass is 10.1. The monoisotopic (exact) mass is 485 g/mol. The fourth-order valence-corrected chi connectivity index (χ4v) is 3.96. The number of anilines is 2. The topological polar surface area (TPSA) is 122 Å². The molecule has 0 bridgehead atoms. The Hall–Kier alpha value is -4.08. The summed E-state index contributed by atoms with van der Waals surface area (Å²) >= 11 is 0. The van der Waals surface area contributed by atoms with Crippen LogP contribution in [-0.4, -0.2) is 56.4 Å². The Morgan fingerprint density at radius 3 is 2.75 bits per heavy atom. The number of aliphatic hydroxyl groups excluding tert-OH is 2. The number of hydrogen-bond acceptors (Lipinski definition) is 9. The van der Waals surface area contributed by atoms with E-state index in [1.807, 2.05) is 62.4 Å². The van der Waals surface area contributed by atoms with Crippen LogP contribution in [-0.2, 0) is 11.2 Å². The average molecular weight is 486 g/mol. The molecular formula is C27H27N5O4. The van der Waals surface area contributed by atoms with Gasteiger partial charge < -0.3 is 25.0 Å². The molecular weight excluding hydrogens is 458 g/mol. The van der Waals surface area contributed by atoms with Gasteiger partial charge in [-0.3, -0.25) is 4.98 Å². The second-order valence-electron chi connectivity index (χ2n) is 8.74. The number of rotatable bonds is 8. The first-order valence-electron chi connectivity index (χ1n) is 11.7. The highest BCUT2D eigenvalue weighted by Gasteiger charge is 2.25. The van der Waals surface area contributed by atoms with E-state index in [4.69, 9.17) is 14.6 Å². The van der Waals surface area contributed by atoms with Crippen LogP contribution in [0.2, 0.25) is 0 Å². The van der Waals surface area contributed by atoms with Crippen molar-refractivity contribution < 1.29 is 19.7 Å². The largest absolute Gasteiger partial charge is 0.478 e. The minimum Gasteiger partial charge on any atom is -0.478 e. The summed E-state index contributed by atoms with van der Waals surface area (Å²) in [5.41, 5.74) is 4.56. The minimum absolute atomic E-state index is 0.264. The van der Waals surface area contributed by atoms with Crippen molar-refractivity contribution in [3.05, 3.63) is 77.9 Å². The van der Waals surface area contributed by atoms with E-state index in [9.17, 15) is 5.11 Å². The van der Waals surface area contributed by atoms with E-state index in [2.05, 4.69) is 25.3 Å². The highest BCUT2D eigenvalue weighted by atomic mass is 16.5. The summed E-state index contributed by atoms with van der Waals surface area (Å²) in [6.07, 6.45) is 2.79. The summed E-state index contributed by atoms with van der Waals surface area (Å²) in [6, 6.07) is 15.1. The first-order valence-corrected chi connectivity index (χ1v) is 11.7. The third-order valence-corrected chi connectivity index (χ3v) is 5.97. The first kappa shape index (κ1) is 23.7. The number of nitrogens with one attached hydrogen (secondary N) is 1. The van der Waals surface area contributed by atoms with Crippen molar-refractivity contribution in [3.8, 4) is 11.5 Å². The number of hydrogen-bond donors (Lipinski definition) is 3. The number of nitrogens with zero attached hydrogens (tertiary/aromatic N) is 4. The van der Waals surface area contributed by atoms with Crippen molar-refractivity contribution >= 4 is 28.3 Å². The molecule has 9 heteroatoms. The highest BCUT2D eigenvalue weighted by Crippen LogP contribution is 2.30. The molecule has 4 aromatic rings. The zero-order chi connectivity index (χ0) is 25.1. The SMILES string of the molecule is Cc1ccc(Oc2ccc(Nc3ncnc4ccc(CC5=N[C@@H](C(O)CO)CO5)cc34)cc2C)cn1. The molecule has 0 fully saturated rings. The molecule has 1 aliphatic heterocycles. The van der Waals surface area contributed by atoms with Crippen LogP contribution in [0.5, 0.6) is 11.5 Å². The van der Waals surface area contributed by atoms with Gasteiger partial charge in [0.15, 0.2) is 5.90 Å². The van der Waals surface area contributed by atoms with Crippen molar-refractivity contribution in [2.45, 2.75) is 32.4 Å². The van der Waals surface area contributed by atoms with E-state index < -0.39 is 12.1 Å². The fraction of sp³-hybridized carbons (Fsp3) is 0.259. The van der Waals surface area contributed by atoms with Crippen LogP contribution in [0.1, 0.15) is 16.8 Å². The number of benzene rings is 2. The number of aliphatic imine (C=N–C) groups is 1. The third-order valence-electron chi connectivity index (χ3n) is 5.97. The number of aryl methyl sites for hydroxylation is 2. The van der Waals surface area contributed by atoms with Crippen LogP contribution in [0.25, 0.3) is 10.9 Å². The lowest BCUT2D eigenvalue weighted by Crippen LogP contribution is -2.28. The molecule has 0 saturated heterocycles. The normalized spacial score (nSPS) is 15.9. The minimum atomic E-state index is -0.919. The summed E-state index contributed by atoms with van der Waals surface area (Å²) in [4.78, 5) is 17.5. The van der Waals surface area contributed by atoms with Gasteiger partial charge in [0.2, 0.25) is 0 Å². The molecule has 184 valence electrons. The van der Waals surface area contributed by atoms with Crippen LogP contribution in [0.3, 0.4) is 0 Å². The van der Waals surface area contributed by atoms with Crippen molar-refractivity contribution in [3.63, 3.8) is 0 Å². The number of aliphatic hydroxyl groups is 2. The maximum atomic E-state index is 9.81. The predicted molar refractivity (Wildman–Crippen MR) is 137 cm³/mol. The Balaban J connectivity index is 1.34. The molecule has 0 amide bonds. The van der Waals surface area contributed by atoms with Gasteiger partial charge in [-0.25, -0.2) is 15.0 Å². The number of fused-ring (bicyclic) bond motifs is 1. The van der Waals surface area contributed by atoms with Gasteiger partial charge in [0.25, 0.3) is 0 Å². The Labute approximate surface area is 208 Å². The third kappa shape index (κ3) is 5.27. The van der Waals surface area contributed by atoms with Crippen LogP contribution in [0.15, 0.2) is 66.0 Å². The molecule has 5 rings (SSSR count). The molecule has 0 spiro atoms. The second kappa shape index (κ2) is 10.3. The van der Waals surface area contributed by atoms with E-state index in [1.165, 1.54) is 6.33 Å². The predicted octanol–water partition coefficient (Wildman–Crippen LogP) is 3.87. The molecule has 2 aromatic heterocycles. The van der Waals surface area contributed by atoms with E-state index in [-0.39, 0.29) is 13.2 Å². The Bertz CT molecular complexity index is 1410. The summed E-state index contributed by atoms with van der Waals surface area (Å²) in [5.74, 6) is 2.66. The molecule has 0 radical (unpaired) electrons. The van der Waals surface area contributed by atoms with Crippen molar-refractivity contribution in [2.75, 3.05) is 18.5 Å². The molecule has 1 aliphatic rings. The van der Waals surface area contributed by atoms with Gasteiger partial charge in [0.1, 0.15) is 42.4 Å². The van der Waals surface area contributed by atoms with Crippen molar-refractivity contribution in [1.82, 2.24) is 15.0 Å². The van der Waals surface area contributed by atoms with Crippen molar-refractivity contribution in [1.29, 1.82) is 0 Å². The van der Waals surface area contributed by atoms with Gasteiger partial charge in [-0.05, 0) is 67.4 Å². The number of pyridine rings is 1. The Morgan fingerprint density at radius 2 is 1.97 bits per heavy atom. The molecule has 2 atom stereocenters. The highest BCUT2D eigenvalue weighted by molar-refractivity contribution is 5.92. The summed E-state index contributed by atoms with van der Waals surface area (Å²) in [5, 5.41) is 23.2. The Kier molecular flexibility index (Phi) is 6.75. The van der Waals surface area contributed by atoms with Crippen LogP contribution in [0, 0.1) is 13.8 Å². The van der Waals surface area contributed by atoms with Gasteiger partial charge in [0.05, 0.1) is 18.3 Å².